The largest absolute Gasteiger partial charge is 0.466 e. The van der Waals surface area contributed by atoms with Crippen LogP contribution in [0.4, 0.5) is 0 Å². The van der Waals surface area contributed by atoms with Crippen LogP contribution in [0, 0.1) is 5.92 Å². The first-order valence-electron chi connectivity index (χ1n) is 6.04. The molecule has 0 aliphatic carbocycles. The predicted molar refractivity (Wildman–Crippen MR) is 72.7 cm³/mol. The summed E-state index contributed by atoms with van der Waals surface area (Å²) in [6.07, 6.45) is 2.88. The highest BCUT2D eigenvalue weighted by Gasteiger charge is 2.25. The second kappa shape index (κ2) is 9.72. The molecule has 0 N–H and O–H groups in total. The molecule has 0 bridgehead atoms. The Morgan fingerprint density at radius 3 is 2.37 bits per heavy atom. The van der Waals surface area contributed by atoms with Gasteiger partial charge in [0.15, 0.2) is 0 Å². The highest BCUT2D eigenvalue weighted by molar-refractivity contribution is 5.87. The summed E-state index contributed by atoms with van der Waals surface area (Å²) in [5.74, 6) is -0.415. The van der Waals surface area contributed by atoms with Gasteiger partial charge in [0.2, 0.25) is 0 Å². The number of esters is 1. The van der Waals surface area contributed by atoms with Crippen molar-refractivity contribution in [3.63, 3.8) is 0 Å². The molecule has 5 heteroatoms. The standard InChI is InChI=1S/C14H24O5/c1-7-12(17-5)13(19-9-16-4)10(2)8-11(3)14(15)18-6/h7-8,10,12-13H,1,9H2,2-6H3/t10-,12+,13+/m1/s1. The van der Waals surface area contributed by atoms with Crippen molar-refractivity contribution < 1.29 is 23.7 Å². The van der Waals surface area contributed by atoms with Crippen LogP contribution in [0.25, 0.3) is 0 Å². The van der Waals surface area contributed by atoms with Gasteiger partial charge in [0.1, 0.15) is 12.9 Å². The Bertz CT molecular complexity index is 311. The van der Waals surface area contributed by atoms with Crippen molar-refractivity contribution in [1.82, 2.24) is 0 Å². The summed E-state index contributed by atoms with van der Waals surface area (Å²) in [6.45, 7) is 7.49. The molecule has 0 amide bonds. The molecule has 0 saturated heterocycles. The zero-order chi connectivity index (χ0) is 14.8. The Balaban J connectivity index is 4.92. The van der Waals surface area contributed by atoms with Crippen molar-refractivity contribution in [2.24, 2.45) is 5.92 Å². The average molecular weight is 272 g/mol. The van der Waals surface area contributed by atoms with E-state index in [2.05, 4.69) is 11.3 Å². The maximum absolute atomic E-state index is 11.4. The maximum Gasteiger partial charge on any atom is 0.333 e. The molecule has 0 aliphatic heterocycles. The van der Waals surface area contributed by atoms with Crippen LogP contribution in [-0.2, 0) is 23.7 Å². The third-order valence-electron chi connectivity index (χ3n) is 2.75. The van der Waals surface area contributed by atoms with Gasteiger partial charge in [0.25, 0.3) is 0 Å². The molecule has 0 spiro atoms. The first-order chi connectivity index (χ1) is 9.01. The Labute approximate surface area is 115 Å². The Morgan fingerprint density at radius 2 is 1.95 bits per heavy atom. The van der Waals surface area contributed by atoms with Crippen LogP contribution in [0.3, 0.4) is 0 Å². The molecule has 0 saturated carbocycles. The summed E-state index contributed by atoms with van der Waals surface area (Å²) in [4.78, 5) is 11.4. The molecule has 0 unspecified atom stereocenters. The second-order valence-electron chi connectivity index (χ2n) is 4.17. The monoisotopic (exact) mass is 272 g/mol. The van der Waals surface area contributed by atoms with Crippen molar-refractivity contribution in [2.75, 3.05) is 28.1 Å². The molecule has 0 heterocycles. The lowest BCUT2D eigenvalue weighted by atomic mass is 9.97. The van der Waals surface area contributed by atoms with E-state index in [0.717, 1.165) is 0 Å². The Morgan fingerprint density at radius 1 is 1.32 bits per heavy atom. The van der Waals surface area contributed by atoms with Crippen molar-refractivity contribution in [2.45, 2.75) is 26.1 Å². The first kappa shape index (κ1) is 17.8. The molecule has 0 rings (SSSR count). The van der Waals surface area contributed by atoms with E-state index in [-0.39, 0.29) is 30.9 Å². The molecule has 19 heavy (non-hydrogen) atoms. The van der Waals surface area contributed by atoms with Crippen molar-refractivity contribution in [3.05, 3.63) is 24.3 Å². The van der Waals surface area contributed by atoms with E-state index < -0.39 is 0 Å². The van der Waals surface area contributed by atoms with E-state index in [9.17, 15) is 4.79 Å². The highest BCUT2D eigenvalue weighted by atomic mass is 16.7. The summed E-state index contributed by atoms with van der Waals surface area (Å²) >= 11 is 0. The van der Waals surface area contributed by atoms with Crippen molar-refractivity contribution >= 4 is 5.97 Å². The van der Waals surface area contributed by atoms with Gasteiger partial charge in [-0.2, -0.15) is 0 Å². The number of hydrogen-bond acceptors (Lipinski definition) is 5. The van der Waals surface area contributed by atoms with Crippen LogP contribution >= 0.6 is 0 Å². The molecule has 0 aromatic rings. The number of ether oxygens (including phenoxy) is 4. The minimum absolute atomic E-state index is 0.0581. The van der Waals surface area contributed by atoms with Gasteiger partial charge in [0.05, 0.1) is 13.2 Å². The quantitative estimate of drug-likeness (QED) is 0.278. The lowest BCUT2D eigenvalue weighted by Crippen LogP contribution is -2.35. The smallest absolute Gasteiger partial charge is 0.333 e. The van der Waals surface area contributed by atoms with Gasteiger partial charge in [-0.05, 0) is 6.92 Å². The molecular weight excluding hydrogens is 248 g/mol. The van der Waals surface area contributed by atoms with Gasteiger partial charge in [-0.25, -0.2) is 4.79 Å². The summed E-state index contributed by atoms with van der Waals surface area (Å²) in [5, 5.41) is 0. The van der Waals surface area contributed by atoms with Crippen molar-refractivity contribution in [3.8, 4) is 0 Å². The number of methoxy groups -OCH3 is 3. The molecule has 0 aliphatic rings. The second-order valence-corrected chi connectivity index (χ2v) is 4.17. The molecule has 110 valence electrons. The number of carbonyl (C=O) groups is 1. The minimum atomic E-state index is -0.357. The average Bonchev–Trinajstić information content (AvgIpc) is 2.42. The van der Waals surface area contributed by atoms with Gasteiger partial charge >= 0.3 is 5.97 Å². The number of carbonyl (C=O) groups excluding carboxylic acids is 1. The molecule has 3 atom stereocenters. The van der Waals surface area contributed by atoms with Crippen LogP contribution in [0.2, 0.25) is 0 Å². The fraction of sp³-hybridized carbons (Fsp3) is 0.643. The highest BCUT2D eigenvalue weighted by Crippen LogP contribution is 2.18. The topological polar surface area (TPSA) is 54.0 Å². The molecular formula is C14H24O5. The van der Waals surface area contributed by atoms with Crippen LogP contribution in [0.15, 0.2) is 24.3 Å². The summed E-state index contributed by atoms with van der Waals surface area (Å²) in [7, 11) is 4.48. The molecule has 0 fully saturated rings. The first-order valence-corrected chi connectivity index (χ1v) is 6.04. The van der Waals surface area contributed by atoms with E-state index in [1.54, 1.807) is 33.3 Å². The van der Waals surface area contributed by atoms with Gasteiger partial charge in [0, 0.05) is 25.7 Å². The maximum atomic E-state index is 11.4. The molecule has 5 nitrogen and oxygen atoms in total. The van der Waals surface area contributed by atoms with E-state index in [1.807, 2.05) is 6.92 Å². The van der Waals surface area contributed by atoms with Gasteiger partial charge in [-0.3, -0.25) is 0 Å². The number of hydrogen-bond donors (Lipinski definition) is 0. The Kier molecular flexibility index (Phi) is 9.12. The summed E-state index contributed by atoms with van der Waals surface area (Å²) in [5.41, 5.74) is 0.528. The Hall–Kier alpha value is -1.17. The van der Waals surface area contributed by atoms with E-state index in [1.165, 1.54) is 7.11 Å². The van der Waals surface area contributed by atoms with Crippen LogP contribution in [-0.4, -0.2) is 46.3 Å². The van der Waals surface area contributed by atoms with E-state index in [4.69, 9.17) is 14.2 Å². The van der Waals surface area contributed by atoms with Crippen molar-refractivity contribution in [1.29, 1.82) is 0 Å². The van der Waals surface area contributed by atoms with E-state index in [0.29, 0.717) is 5.57 Å². The fourth-order valence-corrected chi connectivity index (χ4v) is 1.78. The zero-order valence-corrected chi connectivity index (χ0v) is 12.3. The zero-order valence-electron chi connectivity index (χ0n) is 12.3. The molecule has 0 radical (unpaired) electrons. The number of rotatable bonds is 9. The third kappa shape index (κ3) is 6.00. The van der Waals surface area contributed by atoms with Crippen LogP contribution < -0.4 is 0 Å². The predicted octanol–water partition coefficient (Wildman–Crippen LogP) is 1.93. The SMILES string of the molecule is C=C[C@H](OC)[C@@H](OCOC)[C@H](C)C=C(C)C(=O)OC. The van der Waals surface area contributed by atoms with Gasteiger partial charge < -0.3 is 18.9 Å². The molecule has 0 aromatic carbocycles. The lowest BCUT2D eigenvalue weighted by Gasteiger charge is -2.27. The third-order valence-corrected chi connectivity index (χ3v) is 2.75. The normalized spacial score (nSPS) is 16.6. The van der Waals surface area contributed by atoms with Gasteiger partial charge in [-0.1, -0.05) is 19.1 Å². The van der Waals surface area contributed by atoms with Crippen LogP contribution in [0.5, 0.6) is 0 Å². The van der Waals surface area contributed by atoms with Gasteiger partial charge in [-0.15, -0.1) is 6.58 Å². The summed E-state index contributed by atoms with van der Waals surface area (Å²) < 4.78 is 20.5. The fourth-order valence-electron chi connectivity index (χ4n) is 1.78. The molecule has 0 aromatic heterocycles. The summed E-state index contributed by atoms with van der Waals surface area (Å²) in [6, 6.07) is 0. The minimum Gasteiger partial charge on any atom is -0.466 e. The van der Waals surface area contributed by atoms with Crippen LogP contribution in [0.1, 0.15) is 13.8 Å². The lowest BCUT2D eigenvalue weighted by molar-refractivity contribution is -0.136. The van der Waals surface area contributed by atoms with E-state index >= 15 is 0 Å².